The number of piperidine rings is 1. The van der Waals surface area contributed by atoms with Gasteiger partial charge in [-0.2, -0.15) is 0 Å². The Morgan fingerprint density at radius 3 is 2.15 bits per heavy atom. The van der Waals surface area contributed by atoms with Gasteiger partial charge in [0.2, 0.25) is 5.91 Å². The molecule has 1 N–H and O–H groups in total. The van der Waals surface area contributed by atoms with E-state index in [1.165, 1.54) is 10.6 Å². The molecule has 1 aliphatic rings. The van der Waals surface area contributed by atoms with E-state index in [0.717, 1.165) is 11.1 Å². The van der Waals surface area contributed by atoms with Crippen LogP contribution in [0.4, 0.5) is 0 Å². The molecule has 0 spiro atoms. The fraction of sp³-hybridized carbons (Fsp3) is 0.406. The number of carbonyl (C=O) groups excluding carboxylic acids is 2. The lowest BCUT2D eigenvalue weighted by atomic mass is 9.90. The maximum atomic E-state index is 13.4. The van der Waals surface area contributed by atoms with E-state index in [9.17, 15) is 19.5 Å². The lowest BCUT2D eigenvalue weighted by molar-refractivity contribution is -0.136. The molecule has 0 bridgehead atoms. The molecular formula is C32H39N3O4. The Bertz CT molecular complexity index is 1340. The third-order valence-electron chi connectivity index (χ3n) is 7.90. The summed E-state index contributed by atoms with van der Waals surface area (Å²) in [5.74, 6) is 0.000999. The van der Waals surface area contributed by atoms with Gasteiger partial charge in [0.05, 0.1) is 17.7 Å². The van der Waals surface area contributed by atoms with E-state index in [4.69, 9.17) is 0 Å². The zero-order valence-corrected chi connectivity index (χ0v) is 23.3. The van der Waals surface area contributed by atoms with Crippen LogP contribution < -0.4 is 5.56 Å². The molecule has 1 aromatic heterocycles. The maximum absolute atomic E-state index is 13.4. The fourth-order valence-electron chi connectivity index (χ4n) is 5.09. The molecular weight excluding hydrogens is 490 g/mol. The Balaban J connectivity index is 1.50. The Labute approximate surface area is 230 Å². The number of rotatable bonds is 8. The summed E-state index contributed by atoms with van der Waals surface area (Å²) in [4.78, 5) is 43.0. The number of benzene rings is 2. The minimum absolute atomic E-state index is 0.0165. The molecule has 2 aromatic carbocycles. The molecule has 3 aromatic rings. The minimum atomic E-state index is -1.15. The van der Waals surface area contributed by atoms with E-state index in [1.807, 2.05) is 79.4 Å². The van der Waals surface area contributed by atoms with Crippen LogP contribution in [0.3, 0.4) is 0 Å². The summed E-state index contributed by atoms with van der Waals surface area (Å²) in [5.41, 5.74) is 1.49. The normalized spacial score (nSPS) is 15.7. The van der Waals surface area contributed by atoms with Gasteiger partial charge < -0.3 is 19.5 Å². The molecule has 7 nitrogen and oxygen atoms in total. The molecule has 206 valence electrons. The number of hydrogen-bond donors (Lipinski definition) is 1. The highest BCUT2D eigenvalue weighted by atomic mass is 16.3. The minimum Gasteiger partial charge on any atom is -0.388 e. The molecule has 39 heavy (non-hydrogen) atoms. The fourth-order valence-corrected chi connectivity index (χ4v) is 5.09. The van der Waals surface area contributed by atoms with Crippen molar-refractivity contribution in [1.82, 2.24) is 14.4 Å². The summed E-state index contributed by atoms with van der Waals surface area (Å²) < 4.78 is 1.45. The number of hydrogen-bond acceptors (Lipinski definition) is 4. The Kier molecular flexibility index (Phi) is 8.70. The van der Waals surface area contributed by atoms with Crippen LogP contribution in [-0.4, -0.2) is 63.1 Å². The van der Waals surface area contributed by atoms with Crippen LogP contribution in [0.2, 0.25) is 0 Å². The van der Waals surface area contributed by atoms with Crippen molar-refractivity contribution < 1.29 is 14.7 Å². The van der Waals surface area contributed by atoms with Crippen molar-refractivity contribution in [1.29, 1.82) is 0 Å². The average Bonchev–Trinajstić information content (AvgIpc) is 2.94. The molecule has 1 fully saturated rings. The van der Waals surface area contributed by atoms with Crippen molar-refractivity contribution in [3.8, 4) is 11.1 Å². The van der Waals surface area contributed by atoms with Gasteiger partial charge >= 0.3 is 0 Å². The van der Waals surface area contributed by atoms with Gasteiger partial charge in [0, 0.05) is 50.4 Å². The van der Waals surface area contributed by atoms with E-state index in [2.05, 4.69) is 6.92 Å². The first kappa shape index (κ1) is 28.3. The third-order valence-corrected chi connectivity index (χ3v) is 7.90. The van der Waals surface area contributed by atoms with Crippen molar-refractivity contribution in [2.45, 2.75) is 64.1 Å². The largest absolute Gasteiger partial charge is 0.388 e. The predicted molar refractivity (Wildman–Crippen MR) is 154 cm³/mol. The molecule has 2 heterocycles. The molecule has 0 saturated carbocycles. The third kappa shape index (κ3) is 6.66. The van der Waals surface area contributed by atoms with Crippen LogP contribution in [0.1, 0.15) is 61.9 Å². The number of nitrogens with zero attached hydrogens (tertiary/aromatic N) is 3. The van der Waals surface area contributed by atoms with Gasteiger partial charge in [0.1, 0.15) is 0 Å². The second-order valence-electron chi connectivity index (χ2n) is 11.1. The first-order valence-corrected chi connectivity index (χ1v) is 13.7. The number of aliphatic hydroxyl groups is 1. The highest BCUT2D eigenvalue weighted by Gasteiger charge is 2.35. The number of likely N-dealkylation sites (tertiary alicyclic amines) is 1. The first-order chi connectivity index (χ1) is 18.6. The topological polar surface area (TPSA) is 82.8 Å². The Morgan fingerprint density at radius 1 is 0.974 bits per heavy atom. The number of pyridine rings is 1. The summed E-state index contributed by atoms with van der Waals surface area (Å²) in [6, 6.07) is 20.9. The van der Waals surface area contributed by atoms with Crippen LogP contribution in [0.15, 0.2) is 77.7 Å². The highest BCUT2D eigenvalue weighted by Crippen LogP contribution is 2.28. The zero-order valence-electron chi connectivity index (χ0n) is 23.3. The lowest BCUT2D eigenvalue weighted by Crippen LogP contribution is -2.49. The summed E-state index contributed by atoms with van der Waals surface area (Å²) in [6.45, 7) is 6.85. The van der Waals surface area contributed by atoms with Crippen LogP contribution >= 0.6 is 0 Å². The van der Waals surface area contributed by atoms with Crippen molar-refractivity contribution in [3.05, 3.63) is 94.4 Å². The maximum Gasteiger partial charge on any atom is 0.255 e. The van der Waals surface area contributed by atoms with Gasteiger partial charge in [-0.15, -0.1) is 0 Å². The van der Waals surface area contributed by atoms with Gasteiger partial charge in [-0.05, 0) is 43.7 Å². The summed E-state index contributed by atoms with van der Waals surface area (Å²) in [5, 5.41) is 11.4. The quantitative estimate of drug-likeness (QED) is 0.464. The smallest absolute Gasteiger partial charge is 0.255 e. The van der Waals surface area contributed by atoms with Gasteiger partial charge in [-0.3, -0.25) is 14.4 Å². The molecule has 4 rings (SSSR count). The van der Waals surface area contributed by atoms with Crippen LogP contribution in [0.5, 0.6) is 0 Å². The van der Waals surface area contributed by atoms with Crippen molar-refractivity contribution in [3.63, 3.8) is 0 Å². The number of aromatic nitrogens is 1. The highest BCUT2D eigenvalue weighted by molar-refractivity contribution is 6.00. The van der Waals surface area contributed by atoms with Crippen LogP contribution in [0.25, 0.3) is 11.1 Å². The SMILES string of the molecule is CC(CC(=O)N1CCC(O)(Cn2cc(C(=O)N(C)C(C)C)c(-c3ccccc3)cc2=O)CC1)c1ccccc1. The monoisotopic (exact) mass is 529 g/mol. The van der Waals surface area contributed by atoms with Crippen molar-refractivity contribution >= 4 is 11.8 Å². The second kappa shape index (κ2) is 12.0. The van der Waals surface area contributed by atoms with Gasteiger partial charge in [-0.25, -0.2) is 0 Å². The number of carbonyl (C=O) groups is 2. The molecule has 2 amide bonds. The van der Waals surface area contributed by atoms with E-state index >= 15 is 0 Å². The van der Waals surface area contributed by atoms with Gasteiger partial charge in [-0.1, -0.05) is 67.6 Å². The number of amides is 2. The lowest BCUT2D eigenvalue weighted by Gasteiger charge is -2.39. The molecule has 1 atom stereocenters. The molecule has 1 saturated heterocycles. The molecule has 0 aliphatic carbocycles. The van der Waals surface area contributed by atoms with Crippen molar-refractivity contribution in [2.75, 3.05) is 20.1 Å². The van der Waals surface area contributed by atoms with Gasteiger partial charge in [0.25, 0.3) is 11.5 Å². The molecule has 1 unspecified atom stereocenters. The van der Waals surface area contributed by atoms with E-state index < -0.39 is 5.60 Å². The first-order valence-electron chi connectivity index (χ1n) is 13.7. The Hall–Kier alpha value is -3.71. The predicted octanol–water partition coefficient (Wildman–Crippen LogP) is 4.54. The van der Waals surface area contributed by atoms with E-state index in [1.54, 1.807) is 18.1 Å². The summed E-state index contributed by atoms with van der Waals surface area (Å²) in [7, 11) is 1.75. The van der Waals surface area contributed by atoms with Gasteiger partial charge in [0.15, 0.2) is 0 Å². The summed E-state index contributed by atoms with van der Waals surface area (Å²) >= 11 is 0. The van der Waals surface area contributed by atoms with Crippen LogP contribution in [0, 0.1) is 0 Å². The average molecular weight is 530 g/mol. The standard InChI is InChI=1S/C32H39N3O4/c1-23(2)33(4)31(38)28-21-35(30(37)20-27(28)26-13-9-6-10-14-26)22-32(39)15-17-34(18-16-32)29(36)19-24(3)25-11-7-5-8-12-25/h5-14,20-21,23-24,39H,15-19,22H2,1-4H3. The van der Waals surface area contributed by atoms with E-state index in [-0.39, 0.29) is 35.9 Å². The second-order valence-corrected chi connectivity index (χ2v) is 11.1. The molecule has 0 radical (unpaired) electrons. The summed E-state index contributed by atoms with van der Waals surface area (Å²) in [6.07, 6.45) is 2.72. The Morgan fingerprint density at radius 2 is 1.56 bits per heavy atom. The van der Waals surface area contributed by atoms with Crippen LogP contribution in [-0.2, 0) is 11.3 Å². The zero-order chi connectivity index (χ0) is 28.2. The molecule has 7 heteroatoms. The molecule has 1 aliphatic heterocycles. The van der Waals surface area contributed by atoms with Crippen molar-refractivity contribution in [2.24, 2.45) is 0 Å². The van der Waals surface area contributed by atoms with E-state index in [0.29, 0.717) is 43.5 Å².